The van der Waals surface area contributed by atoms with Crippen LogP contribution in [0.4, 0.5) is 10.8 Å². The molecule has 0 saturated heterocycles. The highest BCUT2D eigenvalue weighted by atomic mass is 32.2. The van der Waals surface area contributed by atoms with Crippen molar-refractivity contribution < 1.29 is 22.9 Å². The van der Waals surface area contributed by atoms with E-state index in [1.807, 2.05) is 0 Å². The number of non-ortho nitro benzene ring substituents is 1. The zero-order chi connectivity index (χ0) is 23.3. The maximum absolute atomic E-state index is 12.7. The quantitative estimate of drug-likeness (QED) is 0.355. The summed E-state index contributed by atoms with van der Waals surface area (Å²) in [6.45, 7) is 4.81. The fourth-order valence-corrected chi connectivity index (χ4v) is 5.02. The molecule has 0 aliphatic carbocycles. The van der Waals surface area contributed by atoms with Gasteiger partial charge in [0.25, 0.3) is 11.6 Å². The van der Waals surface area contributed by atoms with Crippen molar-refractivity contribution in [1.29, 1.82) is 0 Å². The van der Waals surface area contributed by atoms with Crippen molar-refractivity contribution in [3.63, 3.8) is 0 Å². The van der Waals surface area contributed by atoms with Gasteiger partial charge >= 0.3 is 0 Å². The van der Waals surface area contributed by atoms with E-state index >= 15 is 0 Å². The molecule has 0 bridgehead atoms. The molecule has 3 aromatic rings. The van der Waals surface area contributed by atoms with Gasteiger partial charge in [0.2, 0.25) is 9.84 Å². The minimum atomic E-state index is -3.92. The molecule has 32 heavy (non-hydrogen) atoms. The molecule has 0 spiro atoms. The molecule has 0 unspecified atom stereocenters. The van der Waals surface area contributed by atoms with Crippen LogP contribution in [0, 0.1) is 16.0 Å². The van der Waals surface area contributed by atoms with E-state index in [0.717, 1.165) is 48.2 Å². The molecule has 0 atom stereocenters. The fraction of sp³-hybridized carbons (Fsp3) is 0.238. The van der Waals surface area contributed by atoms with Crippen LogP contribution in [0.5, 0.6) is 5.75 Å². The molecule has 1 N–H and O–H groups in total. The second-order valence-corrected chi connectivity index (χ2v) is 10.5. The predicted molar refractivity (Wildman–Crippen MR) is 120 cm³/mol. The van der Waals surface area contributed by atoms with Crippen molar-refractivity contribution in [2.45, 2.75) is 29.4 Å². The minimum Gasteiger partial charge on any atom is -0.494 e. The lowest BCUT2D eigenvalue weighted by atomic mass is 10.1. The number of nitrogens with one attached hydrogen (secondary N) is 1. The first kappa shape index (κ1) is 23.4. The smallest absolute Gasteiger partial charge is 0.269 e. The number of thiazole rings is 1. The number of aromatic nitrogens is 1. The number of rotatable bonds is 9. The number of hydrogen-bond donors (Lipinski definition) is 1. The first-order chi connectivity index (χ1) is 15.2. The standard InChI is InChI=1S/C21H21N3O6S2/c1-14(2)11-12-30-17-7-3-15(4-8-17)20(25)23-21-22-13-19(31-21)32(28,29)18-9-5-16(6-10-18)24(26)27/h3-10,13-14H,11-12H2,1-2H3,(H,22,23,25). The summed E-state index contributed by atoms with van der Waals surface area (Å²) in [7, 11) is -3.92. The summed E-state index contributed by atoms with van der Waals surface area (Å²) in [5, 5.41) is 13.4. The van der Waals surface area contributed by atoms with Crippen molar-refractivity contribution in [3.05, 3.63) is 70.4 Å². The van der Waals surface area contributed by atoms with Crippen molar-refractivity contribution in [2.75, 3.05) is 11.9 Å². The zero-order valence-corrected chi connectivity index (χ0v) is 19.0. The SMILES string of the molecule is CC(C)CCOc1ccc(C(=O)Nc2ncc(S(=O)(=O)c3ccc([N+](=O)[O-])cc3)s2)cc1. The summed E-state index contributed by atoms with van der Waals surface area (Å²) in [5.74, 6) is 0.757. The topological polar surface area (TPSA) is 128 Å². The van der Waals surface area contributed by atoms with Crippen molar-refractivity contribution in [3.8, 4) is 5.75 Å². The average molecular weight is 476 g/mol. The molecule has 1 aromatic heterocycles. The zero-order valence-electron chi connectivity index (χ0n) is 17.3. The number of hydrogen-bond acceptors (Lipinski definition) is 8. The number of nitro benzene ring substituents is 1. The van der Waals surface area contributed by atoms with E-state index in [2.05, 4.69) is 24.1 Å². The largest absolute Gasteiger partial charge is 0.494 e. The maximum atomic E-state index is 12.7. The van der Waals surface area contributed by atoms with Gasteiger partial charge in [-0.25, -0.2) is 13.4 Å². The molecule has 11 heteroatoms. The number of nitro groups is 1. The first-order valence-electron chi connectivity index (χ1n) is 9.66. The minimum absolute atomic E-state index is 0.0875. The Bertz CT molecular complexity index is 1200. The van der Waals surface area contributed by atoms with Crippen molar-refractivity contribution in [1.82, 2.24) is 4.98 Å². The second-order valence-electron chi connectivity index (χ2n) is 7.25. The average Bonchev–Trinajstić information content (AvgIpc) is 3.23. The molecule has 0 saturated carbocycles. The number of ether oxygens (including phenoxy) is 1. The molecule has 2 aromatic carbocycles. The van der Waals surface area contributed by atoms with Gasteiger partial charge in [0.15, 0.2) is 5.13 Å². The van der Waals surface area contributed by atoms with Crippen LogP contribution >= 0.6 is 11.3 Å². The fourth-order valence-electron chi connectivity index (χ4n) is 2.59. The van der Waals surface area contributed by atoms with Gasteiger partial charge in [-0.2, -0.15) is 0 Å². The lowest BCUT2D eigenvalue weighted by Gasteiger charge is -2.08. The molecular weight excluding hydrogens is 454 g/mol. The van der Waals surface area contributed by atoms with Crippen LogP contribution in [0.2, 0.25) is 0 Å². The van der Waals surface area contributed by atoms with Crippen LogP contribution in [0.15, 0.2) is 63.8 Å². The Morgan fingerprint density at radius 1 is 1.16 bits per heavy atom. The highest BCUT2D eigenvalue weighted by Crippen LogP contribution is 2.29. The Labute approximate surface area is 189 Å². The Hall–Kier alpha value is -3.31. The number of nitrogens with zero attached hydrogens (tertiary/aromatic N) is 2. The van der Waals surface area contributed by atoms with E-state index in [0.29, 0.717) is 23.8 Å². The Balaban J connectivity index is 1.66. The van der Waals surface area contributed by atoms with E-state index in [1.165, 1.54) is 0 Å². The molecule has 1 heterocycles. The summed E-state index contributed by atoms with van der Waals surface area (Å²) in [5.41, 5.74) is 0.161. The van der Waals surface area contributed by atoms with Gasteiger partial charge in [-0.1, -0.05) is 25.2 Å². The van der Waals surface area contributed by atoms with E-state index in [-0.39, 0.29) is 19.9 Å². The molecule has 1 amide bonds. The van der Waals surface area contributed by atoms with E-state index < -0.39 is 20.7 Å². The number of sulfone groups is 1. The van der Waals surface area contributed by atoms with Gasteiger partial charge < -0.3 is 4.74 Å². The lowest BCUT2D eigenvalue weighted by molar-refractivity contribution is -0.384. The van der Waals surface area contributed by atoms with Gasteiger partial charge in [-0.3, -0.25) is 20.2 Å². The van der Waals surface area contributed by atoms with Gasteiger partial charge in [-0.05, 0) is 48.7 Å². The van der Waals surface area contributed by atoms with Crippen LogP contribution in [-0.2, 0) is 9.84 Å². The molecule has 0 radical (unpaired) electrons. The first-order valence-corrected chi connectivity index (χ1v) is 12.0. The molecule has 3 rings (SSSR count). The van der Waals surface area contributed by atoms with Crippen LogP contribution in [-0.4, -0.2) is 30.8 Å². The number of carbonyl (C=O) groups excluding carboxylic acids is 1. The van der Waals surface area contributed by atoms with Gasteiger partial charge in [-0.15, -0.1) is 0 Å². The summed E-state index contributed by atoms with van der Waals surface area (Å²) in [6, 6.07) is 11.2. The monoisotopic (exact) mass is 475 g/mol. The van der Waals surface area contributed by atoms with Crippen LogP contribution < -0.4 is 10.1 Å². The highest BCUT2D eigenvalue weighted by molar-refractivity contribution is 7.93. The predicted octanol–water partition coefficient (Wildman–Crippen LogP) is 4.56. The number of carbonyl (C=O) groups is 1. The Kier molecular flexibility index (Phi) is 7.21. The van der Waals surface area contributed by atoms with Crippen molar-refractivity contribution in [2.24, 2.45) is 5.92 Å². The second kappa shape index (κ2) is 9.88. The van der Waals surface area contributed by atoms with Crippen molar-refractivity contribution >= 4 is 37.9 Å². The van der Waals surface area contributed by atoms with Gasteiger partial charge in [0, 0.05) is 17.7 Å². The Morgan fingerprint density at radius 2 is 1.81 bits per heavy atom. The third-order valence-electron chi connectivity index (χ3n) is 4.41. The maximum Gasteiger partial charge on any atom is 0.269 e. The molecular formula is C21H21N3O6S2. The van der Waals surface area contributed by atoms with Gasteiger partial charge in [0.1, 0.15) is 9.96 Å². The normalized spacial score (nSPS) is 11.3. The summed E-state index contributed by atoms with van der Waals surface area (Å²) in [4.78, 5) is 26.5. The number of anilines is 1. The molecule has 0 fully saturated rings. The third kappa shape index (κ3) is 5.68. The number of amides is 1. The highest BCUT2D eigenvalue weighted by Gasteiger charge is 2.22. The third-order valence-corrected chi connectivity index (χ3v) is 7.55. The molecule has 0 aliphatic rings. The van der Waals surface area contributed by atoms with E-state index in [4.69, 9.17) is 4.74 Å². The van der Waals surface area contributed by atoms with Gasteiger partial charge in [0.05, 0.1) is 22.6 Å². The molecule has 168 valence electrons. The van der Waals surface area contributed by atoms with Crippen LogP contribution in [0.3, 0.4) is 0 Å². The summed E-state index contributed by atoms with van der Waals surface area (Å²) >= 11 is 0.795. The summed E-state index contributed by atoms with van der Waals surface area (Å²) < 4.78 is 31.0. The Morgan fingerprint density at radius 3 is 2.41 bits per heavy atom. The number of benzene rings is 2. The molecule has 9 nitrogen and oxygen atoms in total. The van der Waals surface area contributed by atoms with Crippen LogP contribution in [0.1, 0.15) is 30.6 Å². The molecule has 0 aliphatic heterocycles. The lowest BCUT2D eigenvalue weighted by Crippen LogP contribution is -2.11. The van der Waals surface area contributed by atoms with E-state index in [9.17, 15) is 23.3 Å². The van der Waals surface area contributed by atoms with E-state index in [1.54, 1.807) is 24.3 Å². The van der Waals surface area contributed by atoms with Crippen LogP contribution in [0.25, 0.3) is 0 Å². The summed E-state index contributed by atoms with van der Waals surface area (Å²) in [6.07, 6.45) is 2.07.